The molecule has 9 heteroatoms. The molecule has 0 amide bonds. The molecule has 2 aromatic heterocycles. The van der Waals surface area contributed by atoms with Crippen LogP contribution in [0.1, 0.15) is 37.3 Å². The fourth-order valence-corrected chi connectivity index (χ4v) is 6.87. The van der Waals surface area contributed by atoms with Gasteiger partial charge in [0.25, 0.3) is 0 Å². The Bertz CT molecular complexity index is 1170. The molecule has 1 saturated carbocycles. The van der Waals surface area contributed by atoms with Gasteiger partial charge in [0.15, 0.2) is 0 Å². The molecule has 2 fully saturated rings. The summed E-state index contributed by atoms with van der Waals surface area (Å²) in [6, 6.07) is 10.7. The van der Waals surface area contributed by atoms with Crippen LogP contribution in [0.3, 0.4) is 0 Å². The monoisotopic (exact) mass is 447 g/mol. The number of aromatic nitrogens is 2. The second-order valence-corrected chi connectivity index (χ2v) is 12.4. The lowest BCUT2D eigenvalue weighted by molar-refractivity contribution is 0.444. The minimum Gasteiger partial charge on any atom is -0.343 e. The molecule has 1 aliphatic heterocycles. The molecule has 1 saturated heterocycles. The number of aromatic amines is 1. The molecule has 0 spiro atoms. The zero-order valence-corrected chi connectivity index (χ0v) is 18.0. The van der Waals surface area contributed by atoms with Crippen LogP contribution < -0.4 is 4.72 Å². The number of hydrogen-bond donors (Lipinski definition) is 4. The van der Waals surface area contributed by atoms with Crippen LogP contribution in [0.25, 0.3) is 22.2 Å². The van der Waals surface area contributed by atoms with Crippen LogP contribution in [0.15, 0.2) is 47.5 Å². The first-order chi connectivity index (χ1) is 14.3. The van der Waals surface area contributed by atoms with E-state index >= 15 is 0 Å². The summed E-state index contributed by atoms with van der Waals surface area (Å²) in [6.45, 7) is 0. The number of benzene rings is 1. The van der Waals surface area contributed by atoms with Gasteiger partial charge >= 0.3 is 0 Å². The maximum absolute atomic E-state index is 12.8. The Morgan fingerprint density at radius 1 is 1.03 bits per heavy atom. The summed E-state index contributed by atoms with van der Waals surface area (Å²) in [7, 11) is -6.19. The van der Waals surface area contributed by atoms with Gasteiger partial charge in [-0.3, -0.25) is 9.11 Å². The number of rotatable bonds is 5. The zero-order chi connectivity index (χ0) is 20.9. The third-order valence-corrected chi connectivity index (χ3v) is 9.27. The Kier molecular flexibility index (Phi) is 4.90. The lowest BCUT2D eigenvalue weighted by Crippen LogP contribution is -2.39. The highest BCUT2D eigenvalue weighted by atomic mass is 32.3. The van der Waals surface area contributed by atoms with Crippen molar-refractivity contribution in [1.82, 2.24) is 14.7 Å². The second kappa shape index (κ2) is 7.35. The van der Waals surface area contributed by atoms with Crippen molar-refractivity contribution in [2.75, 3.05) is 11.5 Å². The van der Waals surface area contributed by atoms with Gasteiger partial charge in [0.2, 0.25) is 10.0 Å². The van der Waals surface area contributed by atoms with Crippen LogP contribution in [0.4, 0.5) is 0 Å². The van der Waals surface area contributed by atoms with Gasteiger partial charge in [-0.1, -0.05) is 12.1 Å². The first-order valence-corrected chi connectivity index (χ1v) is 13.5. The molecule has 0 radical (unpaired) electrons. The highest BCUT2D eigenvalue weighted by Gasteiger charge is 2.28. The van der Waals surface area contributed by atoms with Crippen LogP contribution >= 0.6 is 10.6 Å². The van der Waals surface area contributed by atoms with Crippen molar-refractivity contribution in [1.29, 1.82) is 0 Å². The quantitative estimate of drug-likeness (QED) is 0.465. The van der Waals surface area contributed by atoms with Crippen LogP contribution in [-0.2, 0) is 10.0 Å². The smallest absolute Gasteiger partial charge is 0.240 e. The highest BCUT2D eigenvalue weighted by molar-refractivity contribution is 8.24. The normalized spacial score (nSPS) is 21.0. The van der Waals surface area contributed by atoms with Gasteiger partial charge in [0.05, 0.1) is 4.90 Å². The Balaban J connectivity index is 1.37. The van der Waals surface area contributed by atoms with Gasteiger partial charge in [0.1, 0.15) is 5.65 Å². The Labute approximate surface area is 177 Å². The van der Waals surface area contributed by atoms with Gasteiger partial charge in [-0.2, -0.15) is 10.6 Å². The number of sulfonamides is 1. The van der Waals surface area contributed by atoms with Gasteiger partial charge in [-0.05, 0) is 67.0 Å². The topological polar surface area (TPSA) is 115 Å². The third kappa shape index (κ3) is 4.00. The van der Waals surface area contributed by atoms with E-state index in [1.54, 1.807) is 18.3 Å². The van der Waals surface area contributed by atoms with E-state index in [2.05, 4.69) is 20.8 Å². The van der Waals surface area contributed by atoms with Crippen LogP contribution in [0.2, 0.25) is 0 Å². The van der Waals surface area contributed by atoms with Gasteiger partial charge in [-0.15, -0.1) is 0 Å². The molecule has 0 bridgehead atoms. The predicted molar refractivity (Wildman–Crippen MR) is 119 cm³/mol. The third-order valence-electron chi connectivity index (χ3n) is 5.95. The molecule has 2 aliphatic rings. The minimum absolute atomic E-state index is 0.210. The van der Waals surface area contributed by atoms with E-state index in [1.807, 2.05) is 18.2 Å². The summed E-state index contributed by atoms with van der Waals surface area (Å²) in [5.74, 6) is 1.10. The molecule has 4 N–H and O–H groups in total. The summed E-state index contributed by atoms with van der Waals surface area (Å²) < 4.78 is 47.7. The van der Waals surface area contributed by atoms with Gasteiger partial charge in [-0.25, -0.2) is 18.1 Å². The molecular formula is C21H25N3O4S2. The summed E-state index contributed by atoms with van der Waals surface area (Å²) >= 11 is 0. The average Bonchev–Trinajstić information content (AvgIpc) is 3.48. The predicted octanol–water partition coefficient (Wildman–Crippen LogP) is 4.30. The number of fused-ring (bicyclic) bond motifs is 1. The van der Waals surface area contributed by atoms with Crippen LogP contribution in [0, 0.1) is 0 Å². The molecule has 1 aliphatic carbocycles. The van der Waals surface area contributed by atoms with Crippen molar-refractivity contribution in [3.63, 3.8) is 0 Å². The maximum Gasteiger partial charge on any atom is 0.240 e. The fourth-order valence-electron chi connectivity index (χ4n) is 4.04. The molecule has 3 heterocycles. The largest absolute Gasteiger partial charge is 0.343 e. The average molecular weight is 448 g/mol. The molecule has 0 atom stereocenters. The highest BCUT2D eigenvalue weighted by Crippen LogP contribution is 2.44. The van der Waals surface area contributed by atoms with Crippen LogP contribution in [0.5, 0.6) is 0 Å². The number of H-pyrrole nitrogens is 1. The van der Waals surface area contributed by atoms with E-state index in [1.165, 1.54) is 18.5 Å². The molecule has 30 heavy (non-hydrogen) atoms. The Hall–Kier alpha value is -1.91. The molecule has 3 aromatic rings. The lowest BCUT2D eigenvalue weighted by atomic mass is 10.0. The van der Waals surface area contributed by atoms with Crippen molar-refractivity contribution in [3.8, 4) is 11.1 Å². The summed E-state index contributed by atoms with van der Waals surface area (Å²) in [5.41, 5.74) is 4.04. The first-order valence-electron chi connectivity index (χ1n) is 10.1. The Morgan fingerprint density at radius 3 is 2.40 bits per heavy atom. The number of hydrogen-bond acceptors (Lipinski definition) is 5. The standard InChI is InChI=1S/C21H25N3O4S2/c25-29(26)11-8-16(9-12-29)24-30(27,28)17-5-3-14(4-6-17)18-7-10-22-21-19(18)13-20(23-21)15-1-2-15/h3-7,10,13,15-16,24-26H,1-2,8-9,11-12H2,(H,22,23). The van der Waals surface area contributed by atoms with E-state index in [0.717, 1.165) is 22.2 Å². The molecule has 1 aromatic carbocycles. The van der Waals surface area contributed by atoms with Crippen LogP contribution in [-0.4, -0.2) is 45.0 Å². The van der Waals surface area contributed by atoms with Crippen molar-refractivity contribution in [2.45, 2.75) is 42.5 Å². The van der Waals surface area contributed by atoms with Gasteiger partial charge < -0.3 is 4.98 Å². The lowest BCUT2D eigenvalue weighted by Gasteiger charge is -2.39. The summed E-state index contributed by atoms with van der Waals surface area (Å²) in [6.07, 6.45) is 5.06. The maximum atomic E-state index is 12.8. The number of pyridine rings is 1. The summed E-state index contributed by atoms with van der Waals surface area (Å²) in [4.78, 5) is 8.05. The first kappa shape index (κ1) is 20.0. The summed E-state index contributed by atoms with van der Waals surface area (Å²) in [5, 5.41) is 1.05. The number of nitrogens with zero attached hydrogens (tertiary/aromatic N) is 1. The molecule has 160 valence electrons. The fraction of sp³-hybridized carbons (Fsp3) is 0.381. The molecule has 5 rings (SSSR count). The van der Waals surface area contributed by atoms with Crippen molar-refractivity contribution < 1.29 is 17.5 Å². The van der Waals surface area contributed by atoms with E-state index in [9.17, 15) is 17.5 Å². The van der Waals surface area contributed by atoms with Crippen molar-refractivity contribution >= 4 is 31.6 Å². The van der Waals surface area contributed by atoms with Crippen molar-refractivity contribution in [2.24, 2.45) is 0 Å². The van der Waals surface area contributed by atoms with Gasteiger partial charge in [0, 0.05) is 34.8 Å². The van der Waals surface area contributed by atoms with E-state index in [0.29, 0.717) is 18.8 Å². The zero-order valence-electron chi connectivity index (χ0n) is 16.4. The molecule has 7 nitrogen and oxygen atoms in total. The molecular weight excluding hydrogens is 422 g/mol. The molecule has 0 unspecified atom stereocenters. The van der Waals surface area contributed by atoms with E-state index in [-0.39, 0.29) is 22.4 Å². The van der Waals surface area contributed by atoms with E-state index in [4.69, 9.17) is 0 Å². The second-order valence-electron chi connectivity index (χ2n) is 8.25. The van der Waals surface area contributed by atoms with Crippen molar-refractivity contribution in [3.05, 3.63) is 48.3 Å². The Morgan fingerprint density at radius 2 is 1.73 bits per heavy atom. The minimum atomic E-state index is -3.66. The number of nitrogens with one attached hydrogen (secondary N) is 2. The van der Waals surface area contributed by atoms with E-state index < -0.39 is 20.6 Å². The SMILES string of the molecule is O=S(=O)(NC1CCS(O)(O)CC1)c1ccc(-c2ccnc3[nH]c(C4CC4)cc23)cc1.